The van der Waals surface area contributed by atoms with Crippen LogP contribution in [0.2, 0.25) is 0 Å². The summed E-state index contributed by atoms with van der Waals surface area (Å²) in [4.78, 5) is 24.2. The molecule has 1 fully saturated rings. The van der Waals surface area contributed by atoms with Crippen LogP contribution in [-0.2, 0) is 4.79 Å². The molecule has 0 unspecified atom stereocenters. The van der Waals surface area contributed by atoms with Gasteiger partial charge >= 0.3 is 0 Å². The van der Waals surface area contributed by atoms with Crippen molar-refractivity contribution in [2.75, 3.05) is 36.4 Å². The van der Waals surface area contributed by atoms with Crippen LogP contribution in [0.3, 0.4) is 0 Å². The molecular weight excluding hydrogens is 322 g/mol. The number of amides is 1. The van der Waals surface area contributed by atoms with E-state index in [9.17, 15) is 4.79 Å². The molecule has 128 valence electrons. The van der Waals surface area contributed by atoms with Gasteiger partial charge in [0.15, 0.2) is 0 Å². The highest BCUT2D eigenvalue weighted by atomic mass is 32.1. The zero-order chi connectivity index (χ0) is 16.8. The van der Waals surface area contributed by atoms with Crippen molar-refractivity contribution in [2.45, 2.75) is 26.2 Å². The molecular formula is C17H23N5OS. The number of thiophene rings is 1. The Bertz CT molecular complexity index is 681. The maximum atomic E-state index is 11.8. The van der Waals surface area contributed by atoms with Gasteiger partial charge in [-0.15, -0.1) is 11.3 Å². The van der Waals surface area contributed by atoms with E-state index in [1.165, 1.54) is 0 Å². The van der Waals surface area contributed by atoms with Crippen LogP contribution in [0.4, 0.5) is 11.5 Å². The van der Waals surface area contributed by atoms with Gasteiger partial charge in [-0.05, 0) is 12.5 Å². The first-order valence-electron chi connectivity index (χ1n) is 8.42. The van der Waals surface area contributed by atoms with Crippen LogP contribution in [0.25, 0.3) is 10.6 Å². The number of unbranched alkanes of at least 4 members (excludes halogenated alkanes) is 1. The van der Waals surface area contributed by atoms with Crippen molar-refractivity contribution in [2.24, 2.45) is 0 Å². The summed E-state index contributed by atoms with van der Waals surface area (Å²) in [6, 6.07) is 1.97. The average molecular weight is 345 g/mol. The van der Waals surface area contributed by atoms with Crippen molar-refractivity contribution in [1.29, 1.82) is 0 Å². The van der Waals surface area contributed by atoms with Crippen LogP contribution in [0.5, 0.6) is 0 Å². The number of hydrogen-bond acceptors (Lipinski definition) is 6. The van der Waals surface area contributed by atoms with Crippen LogP contribution < -0.4 is 15.5 Å². The molecule has 2 aromatic rings. The Kier molecular flexibility index (Phi) is 5.77. The average Bonchev–Trinajstić information content (AvgIpc) is 3.09. The number of anilines is 2. The summed E-state index contributed by atoms with van der Waals surface area (Å²) in [6.45, 7) is 5.92. The van der Waals surface area contributed by atoms with Gasteiger partial charge in [0.2, 0.25) is 5.91 Å². The van der Waals surface area contributed by atoms with E-state index < -0.39 is 0 Å². The van der Waals surface area contributed by atoms with Crippen LogP contribution >= 0.6 is 11.3 Å². The Hall–Kier alpha value is -1.99. The molecule has 0 atom stereocenters. The number of nitrogens with zero attached hydrogens (tertiary/aromatic N) is 3. The molecule has 1 aliphatic rings. The lowest BCUT2D eigenvalue weighted by atomic mass is 10.2. The molecule has 1 aliphatic heterocycles. The Labute approximate surface area is 146 Å². The number of nitrogens with one attached hydrogen (secondary N) is 2. The Balaban J connectivity index is 1.69. The highest BCUT2D eigenvalue weighted by Crippen LogP contribution is 2.29. The number of rotatable bonds is 6. The van der Waals surface area contributed by atoms with Gasteiger partial charge in [-0.3, -0.25) is 9.78 Å². The molecule has 2 N–H and O–H groups in total. The van der Waals surface area contributed by atoms with E-state index in [4.69, 9.17) is 4.98 Å². The van der Waals surface area contributed by atoms with Gasteiger partial charge in [0.1, 0.15) is 11.5 Å². The van der Waals surface area contributed by atoms with E-state index in [2.05, 4.69) is 27.4 Å². The molecule has 7 heteroatoms. The van der Waals surface area contributed by atoms with Gasteiger partial charge in [0.25, 0.3) is 0 Å². The fourth-order valence-electron chi connectivity index (χ4n) is 2.62. The highest BCUT2D eigenvalue weighted by Gasteiger charge is 2.14. The normalized spacial score (nSPS) is 14.6. The van der Waals surface area contributed by atoms with E-state index in [-0.39, 0.29) is 5.91 Å². The number of carbonyl (C=O) groups is 1. The monoisotopic (exact) mass is 345 g/mol. The zero-order valence-corrected chi connectivity index (χ0v) is 14.7. The molecule has 1 saturated heterocycles. The molecule has 3 rings (SSSR count). The predicted octanol–water partition coefficient (Wildman–Crippen LogP) is 2.74. The number of carbonyl (C=O) groups excluding carboxylic acids is 1. The lowest BCUT2D eigenvalue weighted by Gasteiger charge is -2.28. The van der Waals surface area contributed by atoms with Crippen molar-refractivity contribution in [3.05, 3.63) is 23.8 Å². The summed E-state index contributed by atoms with van der Waals surface area (Å²) in [5, 5.41) is 8.24. The maximum absolute atomic E-state index is 11.8. The molecule has 0 saturated carbocycles. The van der Waals surface area contributed by atoms with Crippen molar-refractivity contribution in [1.82, 2.24) is 15.3 Å². The van der Waals surface area contributed by atoms with Gasteiger partial charge < -0.3 is 15.5 Å². The minimum Gasteiger partial charge on any atom is -0.353 e. The lowest BCUT2D eigenvalue weighted by Crippen LogP contribution is -2.43. The van der Waals surface area contributed by atoms with Crippen LogP contribution in [0, 0.1) is 0 Å². The summed E-state index contributed by atoms with van der Waals surface area (Å²) in [5.74, 6) is 0.984. The van der Waals surface area contributed by atoms with E-state index in [0.29, 0.717) is 6.42 Å². The quantitative estimate of drug-likeness (QED) is 0.842. The number of piperazine rings is 1. The third-order valence-electron chi connectivity index (χ3n) is 3.96. The molecule has 2 aromatic heterocycles. The van der Waals surface area contributed by atoms with E-state index in [0.717, 1.165) is 61.1 Å². The maximum Gasteiger partial charge on any atom is 0.224 e. The molecule has 1 amide bonds. The van der Waals surface area contributed by atoms with Crippen LogP contribution in [0.1, 0.15) is 26.2 Å². The first kappa shape index (κ1) is 16.9. The third kappa shape index (κ3) is 4.30. The molecule has 3 heterocycles. The topological polar surface area (TPSA) is 70.2 Å². The Morgan fingerprint density at radius 3 is 3.00 bits per heavy atom. The summed E-state index contributed by atoms with van der Waals surface area (Å²) < 4.78 is 0. The van der Waals surface area contributed by atoms with Gasteiger partial charge in [0, 0.05) is 38.0 Å². The predicted molar refractivity (Wildman–Crippen MR) is 98.6 cm³/mol. The fraction of sp³-hybridized carbons (Fsp3) is 0.471. The van der Waals surface area contributed by atoms with E-state index in [1.807, 2.05) is 17.6 Å². The van der Waals surface area contributed by atoms with Gasteiger partial charge in [-0.1, -0.05) is 13.3 Å². The smallest absolute Gasteiger partial charge is 0.224 e. The second-order valence-electron chi connectivity index (χ2n) is 5.85. The lowest BCUT2D eigenvalue weighted by molar-refractivity contribution is -0.116. The SMILES string of the molecule is CCCCC(=O)Nc1csc(-c2cncc(N3CCNCC3)n2)c1. The van der Waals surface area contributed by atoms with Crippen molar-refractivity contribution < 1.29 is 4.79 Å². The fourth-order valence-corrected chi connectivity index (χ4v) is 3.41. The first-order valence-corrected chi connectivity index (χ1v) is 9.30. The summed E-state index contributed by atoms with van der Waals surface area (Å²) in [7, 11) is 0. The second kappa shape index (κ2) is 8.21. The number of aromatic nitrogens is 2. The minimum absolute atomic E-state index is 0.0712. The highest BCUT2D eigenvalue weighted by molar-refractivity contribution is 7.14. The first-order chi connectivity index (χ1) is 11.8. The third-order valence-corrected chi connectivity index (χ3v) is 4.91. The number of hydrogen-bond donors (Lipinski definition) is 2. The Morgan fingerprint density at radius 1 is 1.38 bits per heavy atom. The van der Waals surface area contributed by atoms with Crippen LogP contribution in [-0.4, -0.2) is 42.1 Å². The summed E-state index contributed by atoms with van der Waals surface area (Å²) in [5.41, 5.74) is 1.69. The second-order valence-corrected chi connectivity index (χ2v) is 6.76. The zero-order valence-electron chi connectivity index (χ0n) is 13.9. The standard InChI is InChI=1S/C17H23N5OS/c1-2-3-4-17(23)20-13-9-15(24-12-13)14-10-19-11-16(21-14)22-7-5-18-6-8-22/h9-12,18H,2-8H2,1H3,(H,20,23). The summed E-state index contributed by atoms with van der Waals surface area (Å²) in [6.07, 6.45) is 6.10. The van der Waals surface area contributed by atoms with E-state index in [1.54, 1.807) is 17.5 Å². The van der Waals surface area contributed by atoms with Gasteiger partial charge in [-0.25, -0.2) is 4.98 Å². The van der Waals surface area contributed by atoms with Crippen molar-refractivity contribution >= 4 is 28.7 Å². The molecule has 0 radical (unpaired) electrons. The molecule has 0 bridgehead atoms. The van der Waals surface area contributed by atoms with Crippen LogP contribution in [0.15, 0.2) is 23.8 Å². The Morgan fingerprint density at radius 2 is 2.21 bits per heavy atom. The van der Waals surface area contributed by atoms with E-state index >= 15 is 0 Å². The molecule has 24 heavy (non-hydrogen) atoms. The van der Waals surface area contributed by atoms with Gasteiger partial charge in [0.05, 0.1) is 23.0 Å². The molecule has 0 aliphatic carbocycles. The largest absolute Gasteiger partial charge is 0.353 e. The molecule has 0 spiro atoms. The van der Waals surface area contributed by atoms with Gasteiger partial charge in [-0.2, -0.15) is 0 Å². The van der Waals surface area contributed by atoms with Crippen molar-refractivity contribution in [3.8, 4) is 10.6 Å². The molecule has 0 aromatic carbocycles. The summed E-state index contributed by atoms with van der Waals surface area (Å²) >= 11 is 1.58. The molecule has 6 nitrogen and oxygen atoms in total. The minimum atomic E-state index is 0.0712. The van der Waals surface area contributed by atoms with Crippen molar-refractivity contribution in [3.63, 3.8) is 0 Å².